The molecule has 0 atom stereocenters. The van der Waals surface area contributed by atoms with Crippen LogP contribution in [-0.2, 0) is 13.1 Å². The van der Waals surface area contributed by atoms with E-state index in [9.17, 15) is 8.78 Å². The SMILES string of the molecule is Cc1ccc(CNCc2ccccc2OC(F)F)s1. The predicted octanol–water partition coefficient (Wildman–Crippen LogP) is 3.95. The van der Waals surface area contributed by atoms with Crippen LogP contribution in [0.5, 0.6) is 5.75 Å². The number of benzene rings is 1. The molecule has 0 aliphatic heterocycles. The maximum absolute atomic E-state index is 12.2. The van der Waals surface area contributed by atoms with Crippen molar-refractivity contribution in [2.75, 3.05) is 0 Å². The molecule has 2 nitrogen and oxygen atoms in total. The zero-order valence-corrected chi connectivity index (χ0v) is 11.3. The Morgan fingerprint density at radius 1 is 1.16 bits per heavy atom. The molecule has 1 aromatic carbocycles. The van der Waals surface area contributed by atoms with Crippen molar-refractivity contribution in [2.45, 2.75) is 26.6 Å². The summed E-state index contributed by atoms with van der Waals surface area (Å²) in [6, 6.07) is 11.0. The fraction of sp³-hybridized carbons (Fsp3) is 0.286. The Labute approximate surface area is 115 Å². The normalized spacial score (nSPS) is 10.9. The van der Waals surface area contributed by atoms with E-state index < -0.39 is 6.61 Å². The minimum absolute atomic E-state index is 0.229. The van der Waals surface area contributed by atoms with Gasteiger partial charge in [0.2, 0.25) is 0 Å². The molecule has 0 spiro atoms. The monoisotopic (exact) mass is 283 g/mol. The number of alkyl halides is 2. The highest BCUT2D eigenvalue weighted by Gasteiger charge is 2.08. The van der Waals surface area contributed by atoms with Crippen molar-refractivity contribution < 1.29 is 13.5 Å². The molecule has 0 bridgehead atoms. The molecule has 0 amide bonds. The third-order valence-corrected chi connectivity index (χ3v) is 3.60. The smallest absolute Gasteiger partial charge is 0.387 e. The molecule has 0 aliphatic rings. The minimum atomic E-state index is -2.79. The van der Waals surface area contributed by atoms with Crippen LogP contribution >= 0.6 is 11.3 Å². The number of halogens is 2. The van der Waals surface area contributed by atoms with E-state index in [2.05, 4.69) is 29.1 Å². The van der Waals surface area contributed by atoms with Gasteiger partial charge in [-0.25, -0.2) is 0 Å². The summed E-state index contributed by atoms with van der Waals surface area (Å²) in [4.78, 5) is 2.49. The van der Waals surface area contributed by atoms with E-state index in [1.807, 2.05) is 6.07 Å². The molecule has 0 radical (unpaired) electrons. The first-order valence-corrected chi connectivity index (χ1v) is 6.75. The van der Waals surface area contributed by atoms with Crippen LogP contribution in [0.1, 0.15) is 15.3 Å². The Morgan fingerprint density at radius 2 is 1.95 bits per heavy atom. The molecule has 0 aliphatic carbocycles. The number of ether oxygens (including phenoxy) is 1. The van der Waals surface area contributed by atoms with Gasteiger partial charge in [-0.05, 0) is 25.1 Å². The first-order valence-electron chi connectivity index (χ1n) is 5.94. The van der Waals surface area contributed by atoms with Crippen molar-refractivity contribution in [3.05, 3.63) is 51.7 Å². The fourth-order valence-electron chi connectivity index (χ4n) is 1.76. The molecule has 2 aromatic rings. The van der Waals surface area contributed by atoms with Gasteiger partial charge in [0.05, 0.1) is 0 Å². The third-order valence-electron chi connectivity index (χ3n) is 2.60. The third kappa shape index (κ3) is 4.29. The van der Waals surface area contributed by atoms with Crippen molar-refractivity contribution in [1.82, 2.24) is 5.32 Å². The zero-order valence-electron chi connectivity index (χ0n) is 10.5. The Kier molecular flexibility index (Phi) is 4.87. The van der Waals surface area contributed by atoms with Gasteiger partial charge in [-0.3, -0.25) is 0 Å². The Bertz CT molecular complexity index is 528. The summed E-state index contributed by atoms with van der Waals surface area (Å²) in [7, 11) is 0. The van der Waals surface area contributed by atoms with Crippen molar-refractivity contribution in [3.8, 4) is 5.75 Å². The van der Waals surface area contributed by atoms with Crippen LogP contribution in [0.15, 0.2) is 36.4 Å². The summed E-state index contributed by atoms with van der Waals surface area (Å²) in [5, 5.41) is 3.23. The van der Waals surface area contributed by atoms with Gasteiger partial charge >= 0.3 is 6.61 Å². The second-order valence-corrected chi connectivity index (χ2v) is 5.47. The van der Waals surface area contributed by atoms with E-state index >= 15 is 0 Å². The number of aryl methyl sites for hydroxylation is 1. The zero-order chi connectivity index (χ0) is 13.7. The fourth-order valence-corrected chi connectivity index (χ4v) is 2.62. The first-order chi connectivity index (χ1) is 9.15. The molecular weight excluding hydrogens is 268 g/mol. The second kappa shape index (κ2) is 6.63. The molecule has 2 rings (SSSR count). The van der Waals surface area contributed by atoms with Crippen LogP contribution in [0.4, 0.5) is 8.78 Å². The maximum Gasteiger partial charge on any atom is 0.387 e. The van der Waals surface area contributed by atoms with Crippen LogP contribution < -0.4 is 10.1 Å². The quantitative estimate of drug-likeness (QED) is 0.866. The van der Waals surface area contributed by atoms with Crippen molar-refractivity contribution in [2.24, 2.45) is 0 Å². The Balaban J connectivity index is 1.92. The molecular formula is C14H15F2NOS. The molecule has 102 valence electrons. The standard InChI is InChI=1S/C14H15F2NOS/c1-10-6-7-12(19-10)9-17-8-11-4-2-3-5-13(11)18-14(15)16/h2-7,14,17H,8-9H2,1H3. The predicted molar refractivity (Wildman–Crippen MR) is 72.7 cm³/mol. The topological polar surface area (TPSA) is 21.3 Å². The highest BCUT2D eigenvalue weighted by atomic mass is 32.1. The van der Waals surface area contributed by atoms with E-state index in [1.54, 1.807) is 29.5 Å². The highest BCUT2D eigenvalue weighted by molar-refractivity contribution is 7.11. The van der Waals surface area contributed by atoms with Gasteiger partial charge < -0.3 is 10.1 Å². The summed E-state index contributed by atoms with van der Waals surface area (Å²) < 4.78 is 29.0. The maximum atomic E-state index is 12.2. The van der Waals surface area contributed by atoms with Gasteiger partial charge in [0.25, 0.3) is 0 Å². The van der Waals surface area contributed by atoms with E-state index in [4.69, 9.17) is 0 Å². The Morgan fingerprint density at radius 3 is 2.63 bits per heavy atom. The van der Waals surface area contributed by atoms with E-state index in [1.165, 1.54) is 9.75 Å². The molecule has 0 unspecified atom stereocenters. The molecule has 19 heavy (non-hydrogen) atoms. The van der Waals surface area contributed by atoms with Gasteiger partial charge in [-0.2, -0.15) is 8.78 Å². The molecule has 5 heteroatoms. The lowest BCUT2D eigenvalue weighted by Crippen LogP contribution is -2.13. The van der Waals surface area contributed by atoms with Gasteiger partial charge in [0, 0.05) is 28.4 Å². The van der Waals surface area contributed by atoms with Crippen LogP contribution in [0.2, 0.25) is 0 Å². The van der Waals surface area contributed by atoms with Gasteiger partial charge in [-0.15, -0.1) is 11.3 Å². The summed E-state index contributed by atoms with van der Waals surface area (Å²) in [6.45, 7) is 0.488. The number of hydrogen-bond acceptors (Lipinski definition) is 3. The van der Waals surface area contributed by atoms with Crippen molar-refractivity contribution in [3.63, 3.8) is 0 Å². The number of hydrogen-bond donors (Lipinski definition) is 1. The number of para-hydroxylation sites is 1. The lowest BCUT2D eigenvalue weighted by Gasteiger charge is -2.10. The lowest BCUT2D eigenvalue weighted by atomic mass is 10.2. The van der Waals surface area contributed by atoms with Crippen LogP contribution in [0, 0.1) is 6.92 Å². The molecule has 1 N–H and O–H groups in total. The summed E-state index contributed by atoms with van der Waals surface area (Å²) in [5.74, 6) is 0.229. The lowest BCUT2D eigenvalue weighted by molar-refractivity contribution is -0.0505. The summed E-state index contributed by atoms with van der Waals surface area (Å²) in [5.41, 5.74) is 0.732. The van der Waals surface area contributed by atoms with Crippen molar-refractivity contribution in [1.29, 1.82) is 0 Å². The average molecular weight is 283 g/mol. The number of thiophene rings is 1. The van der Waals surface area contributed by atoms with Gasteiger partial charge in [0.15, 0.2) is 0 Å². The van der Waals surface area contributed by atoms with Crippen LogP contribution in [0.25, 0.3) is 0 Å². The highest BCUT2D eigenvalue weighted by Crippen LogP contribution is 2.20. The van der Waals surface area contributed by atoms with Crippen LogP contribution in [-0.4, -0.2) is 6.61 Å². The summed E-state index contributed by atoms with van der Waals surface area (Å²) in [6.07, 6.45) is 0. The van der Waals surface area contributed by atoms with Gasteiger partial charge in [0.1, 0.15) is 5.75 Å². The molecule has 0 saturated heterocycles. The summed E-state index contributed by atoms with van der Waals surface area (Å²) >= 11 is 1.72. The largest absolute Gasteiger partial charge is 0.434 e. The molecule has 1 aromatic heterocycles. The van der Waals surface area contributed by atoms with E-state index in [0.29, 0.717) is 6.54 Å². The Hall–Kier alpha value is -1.46. The minimum Gasteiger partial charge on any atom is -0.434 e. The van der Waals surface area contributed by atoms with Crippen LogP contribution in [0.3, 0.4) is 0 Å². The number of rotatable bonds is 6. The van der Waals surface area contributed by atoms with E-state index in [0.717, 1.165) is 12.1 Å². The average Bonchev–Trinajstić information content (AvgIpc) is 2.77. The van der Waals surface area contributed by atoms with Gasteiger partial charge in [-0.1, -0.05) is 18.2 Å². The first kappa shape index (κ1) is 14.0. The molecule has 0 saturated carbocycles. The molecule has 0 fully saturated rings. The second-order valence-electron chi connectivity index (χ2n) is 4.10. The van der Waals surface area contributed by atoms with E-state index in [-0.39, 0.29) is 5.75 Å². The van der Waals surface area contributed by atoms with Crippen molar-refractivity contribution >= 4 is 11.3 Å². The molecule has 1 heterocycles. The number of nitrogens with one attached hydrogen (secondary N) is 1.